The normalized spacial score (nSPS) is 27.3. The smallest absolute Gasteiger partial charge is 0.400 e. The molecule has 0 saturated carbocycles. The molecule has 0 aromatic heterocycles. The van der Waals surface area contributed by atoms with E-state index in [9.17, 15) is 4.39 Å². The summed E-state index contributed by atoms with van der Waals surface area (Å²) in [5.74, 6) is 1.97. The van der Waals surface area contributed by atoms with Crippen LogP contribution >= 0.6 is 0 Å². The highest BCUT2D eigenvalue weighted by molar-refractivity contribution is 6.51. The molecule has 2 rings (SSSR count). The standard InChI is InChI=1S/C16H27BFNO2/c1-15(2)16(3,4)21-17(20-15)9-5-7-14-8-12-19(13-14)11-6-10-18/h5,7,9H,6,8,10-13H2,1-4H3/b9-5-,14-7+. The van der Waals surface area contributed by atoms with Crippen LogP contribution in [0, 0.1) is 0 Å². The van der Waals surface area contributed by atoms with Crippen LogP contribution in [0.15, 0.2) is 23.7 Å². The average molecular weight is 295 g/mol. The van der Waals surface area contributed by atoms with Gasteiger partial charge in [-0.05, 0) is 40.5 Å². The topological polar surface area (TPSA) is 21.7 Å². The fraction of sp³-hybridized carbons (Fsp3) is 0.750. The van der Waals surface area contributed by atoms with Crippen molar-refractivity contribution in [3.05, 3.63) is 23.7 Å². The van der Waals surface area contributed by atoms with E-state index in [0.717, 1.165) is 26.1 Å². The molecule has 0 aliphatic carbocycles. The summed E-state index contributed by atoms with van der Waals surface area (Å²) in [5.41, 5.74) is 0.818. The lowest BCUT2D eigenvalue weighted by Crippen LogP contribution is -2.41. The van der Waals surface area contributed by atoms with Crippen molar-refractivity contribution in [2.24, 2.45) is 0 Å². The summed E-state index contributed by atoms with van der Waals surface area (Å²) in [6.45, 7) is 10.8. The SMILES string of the molecule is CC1(C)OB(/C=C\C=C2/CCN(CCCF)C2)OC1(C)C. The molecule has 0 N–H and O–H groups in total. The maximum absolute atomic E-state index is 12.2. The van der Waals surface area contributed by atoms with Gasteiger partial charge in [0.15, 0.2) is 0 Å². The monoisotopic (exact) mass is 295 g/mol. The molecular weight excluding hydrogens is 268 g/mol. The van der Waals surface area contributed by atoms with Crippen molar-refractivity contribution in [1.29, 1.82) is 0 Å². The van der Waals surface area contributed by atoms with Crippen molar-refractivity contribution in [3.63, 3.8) is 0 Å². The molecular formula is C16H27BFNO2. The summed E-state index contributed by atoms with van der Waals surface area (Å²) in [6, 6.07) is 0. The Labute approximate surface area is 128 Å². The number of nitrogens with zero attached hydrogens (tertiary/aromatic N) is 1. The highest BCUT2D eigenvalue weighted by atomic mass is 19.1. The second-order valence-electron chi connectivity index (χ2n) is 6.90. The zero-order valence-electron chi connectivity index (χ0n) is 13.7. The van der Waals surface area contributed by atoms with Crippen molar-refractivity contribution in [2.75, 3.05) is 26.3 Å². The third-order valence-electron chi connectivity index (χ3n) is 4.66. The number of likely N-dealkylation sites (tertiary alicyclic amines) is 1. The summed E-state index contributed by atoms with van der Waals surface area (Å²) in [6.07, 6.45) is 5.87. The van der Waals surface area contributed by atoms with Crippen LogP contribution in [0.25, 0.3) is 0 Å². The molecule has 2 saturated heterocycles. The van der Waals surface area contributed by atoms with Gasteiger partial charge in [-0.1, -0.05) is 23.7 Å². The Morgan fingerprint density at radius 1 is 1.24 bits per heavy atom. The molecule has 21 heavy (non-hydrogen) atoms. The maximum atomic E-state index is 12.2. The first-order chi connectivity index (χ1) is 9.84. The lowest BCUT2D eigenvalue weighted by molar-refractivity contribution is 0.00578. The van der Waals surface area contributed by atoms with Crippen molar-refractivity contribution in [2.45, 2.75) is 51.7 Å². The molecule has 0 bridgehead atoms. The van der Waals surface area contributed by atoms with Gasteiger partial charge in [0.05, 0.1) is 17.9 Å². The lowest BCUT2D eigenvalue weighted by atomic mass is 9.90. The number of alkyl halides is 1. The third kappa shape index (κ3) is 4.18. The van der Waals surface area contributed by atoms with E-state index in [1.54, 1.807) is 0 Å². The minimum atomic E-state index is -0.286. The fourth-order valence-electron chi connectivity index (χ4n) is 2.61. The fourth-order valence-corrected chi connectivity index (χ4v) is 2.61. The Bertz CT molecular complexity index is 405. The Balaban J connectivity index is 1.82. The molecule has 0 aromatic carbocycles. The molecule has 5 heteroatoms. The van der Waals surface area contributed by atoms with Gasteiger partial charge in [0.25, 0.3) is 0 Å². The van der Waals surface area contributed by atoms with Gasteiger partial charge in [0.2, 0.25) is 0 Å². The Morgan fingerprint density at radius 2 is 1.90 bits per heavy atom. The number of rotatable bonds is 5. The van der Waals surface area contributed by atoms with Gasteiger partial charge in [-0.3, -0.25) is 9.29 Å². The van der Waals surface area contributed by atoms with E-state index in [0.29, 0.717) is 6.42 Å². The van der Waals surface area contributed by atoms with E-state index >= 15 is 0 Å². The number of hydrogen-bond donors (Lipinski definition) is 0. The molecule has 0 radical (unpaired) electrons. The van der Waals surface area contributed by atoms with E-state index in [1.165, 1.54) is 5.57 Å². The van der Waals surface area contributed by atoms with Crippen molar-refractivity contribution in [1.82, 2.24) is 4.90 Å². The van der Waals surface area contributed by atoms with Gasteiger partial charge >= 0.3 is 7.12 Å². The summed E-state index contributed by atoms with van der Waals surface area (Å²) in [5, 5.41) is 0. The van der Waals surface area contributed by atoms with E-state index < -0.39 is 0 Å². The first kappa shape index (κ1) is 16.7. The van der Waals surface area contributed by atoms with Crippen LogP contribution in [-0.2, 0) is 9.31 Å². The van der Waals surface area contributed by atoms with Gasteiger partial charge in [-0.25, -0.2) is 0 Å². The predicted octanol–water partition coefficient (Wildman–Crippen LogP) is 3.17. The molecule has 0 unspecified atom stereocenters. The molecule has 2 aliphatic heterocycles. The molecule has 118 valence electrons. The summed E-state index contributed by atoms with van der Waals surface area (Å²) >= 11 is 0. The zero-order valence-corrected chi connectivity index (χ0v) is 13.7. The molecule has 0 atom stereocenters. The van der Waals surface area contributed by atoms with Crippen LogP contribution in [0.1, 0.15) is 40.5 Å². The highest BCUT2D eigenvalue weighted by Gasteiger charge is 2.49. The average Bonchev–Trinajstić information content (AvgIpc) is 2.90. The van der Waals surface area contributed by atoms with E-state index in [-0.39, 0.29) is 25.0 Å². The molecule has 2 aliphatic rings. The molecule has 0 aromatic rings. The largest absolute Gasteiger partial charge is 0.487 e. The van der Waals surface area contributed by atoms with Gasteiger partial charge in [-0.2, -0.15) is 0 Å². The van der Waals surface area contributed by atoms with E-state index in [4.69, 9.17) is 9.31 Å². The predicted molar refractivity (Wildman–Crippen MR) is 85.0 cm³/mol. The van der Waals surface area contributed by atoms with E-state index in [1.807, 2.05) is 12.1 Å². The summed E-state index contributed by atoms with van der Waals surface area (Å²) < 4.78 is 24.0. The number of halogens is 1. The molecule has 2 fully saturated rings. The Hall–Kier alpha value is -0.645. The minimum absolute atomic E-state index is 0.225. The van der Waals surface area contributed by atoms with Crippen LogP contribution in [-0.4, -0.2) is 49.5 Å². The van der Waals surface area contributed by atoms with Gasteiger partial charge in [0, 0.05) is 19.6 Å². The quantitative estimate of drug-likeness (QED) is 0.727. The second kappa shape index (κ2) is 6.63. The van der Waals surface area contributed by atoms with Crippen LogP contribution in [0.5, 0.6) is 0 Å². The van der Waals surface area contributed by atoms with Crippen molar-refractivity contribution < 1.29 is 13.7 Å². The molecule has 0 spiro atoms. The van der Waals surface area contributed by atoms with Crippen LogP contribution in [0.4, 0.5) is 4.39 Å². The van der Waals surface area contributed by atoms with Crippen LogP contribution in [0.2, 0.25) is 0 Å². The lowest BCUT2D eigenvalue weighted by Gasteiger charge is -2.32. The van der Waals surface area contributed by atoms with E-state index in [2.05, 4.69) is 38.7 Å². The zero-order chi connectivity index (χ0) is 15.5. The van der Waals surface area contributed by atoms with Crippen molar-refractivity contribution in [3.8, 4) is 0 Å². The van der Waals surface area contributed by atoms with Gasteiger partial charge < -0.3 is 9.31 Å². The molecule has 0 amide bonds. The summed E-state index contributed by atoms with van der Waals surface area (Å²) in [7, 11) is -0.282. The second-order valence-corrected chi connectivity index (χ2v) is 6.90. The number of hydrogen-bond acceptors (Lipinski definition) is 3. The van der Waals surface area contributed by atoms with Crippen molar-refractivity contribution >= 4 is 7.12 Å². The Kier molecular flexibility index (Phi) is 5.28. The first-order valence-corrected chi connectivity index (χ1v) is 7.84. The highest BCUT2D eigenvalue weighted by Crippen LogP contribution is 2.36. The first-order valence-electron chi connectivity index (χ1n) is 7.84. The number of allylic oxidation sites excluding steroid dienone is 2. The van der Waals surface area contributed by atoms with Gasteiger partial charge in [-0.15, -0.1) is 0 Å². The van der Waals surface area contributed by atoms with Crippen LogP contribution in [0.3, 0.4) is 0 Å². The van der Waals surface area contributed by atoms with Gasteiger partial charge in [0.1, 0.15) is 0 Å². The third-order valence-corrected chi connectivity index (χ3v) is 4.66. The Morgan fingerprint density at radius 3 is 2.52 bits per heavy atom. The van der Waals surface area contributed by atoms with Crippen LogP contribution < -0.4 is 0 Å². The minimum Gasteiger partial charge on any atom is -0.400 e. The maximum Gasteiger partial charge on any atom is 0.487 e. The molecule has 2 heterocycles. The molecule has 3 nitrogen and oxygen atoms in total. The summed E-state index contributed by atoms with van der Waals surface area (Å²) in [4.78, 5) is 2.30.